The third-order valence-corrected chi connectivity index (χ3v) is 5.69. The second-order valence-corrected chi connectivity index (χ2v) is 8.10. The summed E-state index contributed by atoms with van der Waals surface area (Å²) in [6.07, 6.45) is 1.32. The lowest BCUT2D eigenvalue weighted by Gasteiger charge is -2.29. The normalized spacial score (nSPS) is 15.5. The summed E-state index contributed by atoms with van der Waals surface area (Å²) in [5.74, 6) is -3.16. The standard InChI is InChI=1S/C23H36N4O5/c1-5-14(3)19(26-18(28)13-24)22(30)27-20(15(4)6-2)21(29)25-17(23(31)32)12-16-10-8-7-9-11-16/h7-11,14-15,17,19-20H,5-6,12-13,24H2,1-4H3,(H,25,29)(H,26,28)(H,27,30)(H,31,32). The Hall–Kier alpha value is -2.94. The van der Waals surface area contributed by atoms with E-state index in [0.717, 1.165) is 5.56 Å². The van der Waals surface area contributed by atoms with Gasteiger partial charge in [-0.05, 0) is 17.4 Å². The summed E-state index contributed by atoms with van der Waals surface area (Å²) in [6.45, 7) is 7.13. The molecule has 5 unspecified atom stereocenters. The van der Waals surface area contributed by atoms with Crippen molar-refractivity contribution in [2.45, 2.75) is 65.1 Å². The molecule has 9 nitrogen and oxygen atoms in total. The molecule has 0 aliphatic heterocycles. The number of benzene rings is 1. The fourth-order valence-electron chi connectivity index (χ4n) is 3.19. The zero-order valence-corrected chi connectivity index (χ0v) is 19.3. The number of nitrogens with two attached hydrogens (primary N) is 1. The highest BCUT2D eigenvalue weighted by Crippen LogP contribution is 2.13. The average molecular weight is 449 g/mol. The Labute approximate surface area is 189 Å². The highest BCUT2D eigenvalue weighted by atomic mass is 16.4. The SMILES string of the molecule is CCC(C)C(NC(=O)CN)C(=O)NC(C(=O)NC(Cc1ccccc1)C(=O)O)C(C)CC. The van der Waals surface area contributed by atoms with Gasteiger partial charge in [0.2, 0.25) is 17.7 Å². The lowest BCUT2D eigenvalue weighted by atomic mass is 9.94. The Morgan fingerprint density at radius 2 is 1.38 bits per heavy atom. The van der Waals surface area contributed by atoms with Gasteiger partial charge in [-0.3, -0.25) is 14.4 Å². The molecule has 0 saturated heterocycles. The van der Waals surface area contributed by atoms with E-state index in [1.807, 2.05) is 26.8 Å². The van der Waals surface area contributed by atoms with Gasteiger partial charge in [-0.25, -0.2) is 4.79 Å². The fourth-order valence-corrected chi connectivity index (χ4v) is 3.19. The van der Waals surface area contributed by atoms with Crippen LogP contribution in [0.5, 0.6) is 0 Å². The van der Waals surface area contributed by atoms with Crippen LogP contribution in [-0.4, -0.2) is 53.5 Å². The molecule has 0 aliphatic carbocycles. The van der Waals surface area contributed by atoms with Gasteiger partial charge in [0.05, 0.1) is 6.54 Å². The molecule has 3 amide bonds. The fraction of sp³-hybridized carbons (Fsp3) is 0.565. The highest BCUT2D eigenvalue weighted by Gasteiger charge is 2.33. The van der Waals surface area contributed by atoms with Crippen LogP contribution in [0.3, 0.4) is 0 Å². The van der Waals surface area contributed by atoms with Gasteiger partial charge in [-0.2, -0.15) is 0 Å². The van der Waals surface area contributed by atoms with Crippen molar-refractivity contribution in [3.63, 3.8) is 0 Å². The first-order valence-corrected chi connectivity index (χ1v) is 11.0. The van der Waals surface area contributed by atoms with Gasteiger partial charge in [0.15, 0.2) is 0 Å². The van der Waals surface area contributed by atoms with Crippen molar-refractivity contribution < 1.29 is 24.3 Å². The second kappa shape index (κ2) is 13.5. The number of carbonyl (C=O) groups excluding carboxylic acids is 3. The van der Waals surface area contributed by atoms with Crippen LogP contribution in [0.25, 0.3) is 0 Å². The molecule has 1 aromatic rings. The topological polar surface area (TPSA) is 151 Å². The van der Waals surface area contributed by atoms with Crippen molar-refractivity contribution in [2.75, 3.05) is 6.54 Å². The van der Waals surface area contributed by atoms with Crippen LogP contribution in [0.2, 0.25) is 0 Å². The Bertz CT molecular complexity index is 771. The van der Waals surface area contributed by atoms with Crippen LogP contribution in [-0.2, 0) is 25.6 Å². The smallest absolute Gasteiger partial charge is 0.326 e. The first kappa shape index (κ1) is 27.1. The molecule has 1 aromatic carbocycles. The molecule has 5 atom stereocenters. The molecule has 0 heterocycles. The number of amides is 3. The van der Waals surface area contributed by atoms with E-state index in [0.29, 0.717) is 12.8 Å². The molecule has 0 aromatic heterocycles. The second-order valence-electron chi connectivity index (χ2n) is 8.10. The molecule has 1 rings (SSSR count). The summed E-state index contributed by atoms with van der Waals surface area (Å²) >= 11 is 0. The lowest BCUT2D eigenvalue weighted by molar-refractivity contribution is -0.142. The van der Waals surface area contributed by atoms with Gasteiger partial charge < -0.3 is 26.8 Å². The van der Waals surface area contributed by atoms with E-state index in [2.05, 4.69) is 16.0 Å². The molecule has 0 aliphatic rings. The van der Waals surface area contributed by atoms with Crippen molar-refractivity contribution in [3.05, 3.63) is 35.9 Å². The van der Waals surface area contributed by atoms with Gasteiger partial charge >= 0.3 is 5.97 Å². The predicted octanol–water partition coefficient (Wildman–Crippen LogP) is 0.819. The van der Waals surface area contributed by atoms with Crippen molar-refractivity contribution in [1.29, 1.82) is 0 Å². The highest BCUT2D eigenvalue weighted by molar-refractivity contribution is 5.94. The molecule has 0 saturated carbocycles. The zero-order valence-electron chi connectivity index (χ0n) is 19.3. The number of carbonyl (C=O) groups is 4. The number of carboxylic acids is 1. The van der Waals surface area contributed by atoms with Crippen molar-refractivity contribution in [3.8, 4) is 0 Å². The molecular formula is C23H36N4O5. The van der Waals surface area contributed by atoms with Gasteiger partial charge in [0.1, 0.15) is 18.1 Å². The maximum absolute atomic E-state index is 13.0. The molecule has 178 valence electrons. The third kappa shape index (κ3) is 8.30. The average Bonchev–Trinajstić information content (AvgIpc) is 2.79. The number of carboxylic acid groups (broad SMARTS) is 1. The van der Waals surface area contributed by atoms with Crippen LogP contribution in [0.4, 0.5) is 0 Å². The maximum Gasteiger partial charge on any atom is 0.326 e. The predicted molar refractivity (Wildman–Crippen MR) is 122 cm³/mol. The van der Waals surface area contributed by atoms with Crippen LogP contribution in [0.15, 0.2) is 30.3 Å². The van der Waals surface area contributed by atoms with Crippen LogP contribution >= 0.6 is 0 Å². The van der Waals surface area contributed by atoms with E-state index >= 15 is 0 Å². The van der Waals surface area contributed by atoms with Crippen LogP contribution < -0.4 is 21.7 Å². The Balaban J connectivity index is 3.01. The van der Waals surface area contributed by atoms with Gasteiger partial charge in [-0.1, -0.05) is 70.9 Å². The van der Waals surface area contributed by atoms with E-state index in [-0.39, 0.29) is 24.8 Å². The first-order valence-electron chi connectivity index (χ1n) is 11.0. The minimum atomic E-state index is -1.16. The Kier molecular flexibility index (Phi) is 11.4. The van der Waals surface area contributed by atoms with Crippen LogP contribution in [0, 0.1) is 11.8 Å². The Morgan fingerprint density at radius 1 is 0.875 bits per heavy atom. The largest absolute Gasteiger partial charge is 0.480 e. The molecule has 0 radical (unpaired) electrons. The summed E-state index contributed by atoms with van der Waals surface area (Å²) in [5, 5.41) is 17.5. The number of hydrogen-bond donors (Lipinski definition) is 5. The quantitative estimate of drug-likeness (QED) is 0.301. The van der Waals surface area contributed by atoms with E-state index < -0.39 is 41.8 Å². The minimum absolute atomic E-state index is 0.116. The lowest BCUT2D eigenvalue weighted by Crippen LogP contribution is -2.59. The van der Waals surface area contributed by atoms with E-state index in [4.69, 9.17) is 5.73 Å². The number of hydrogen-bond acceptors (Lipinski definition) is 5. The summed E-state index contributed by atoms with van der Waals surface area (Å²) in [5.41, 5.74) is 6.13. The minimum Gasteiger partial charge on any atom is -0.480 e. The summed E-state index contributed by atoms with van der Waals surface area (Å²) in [4.78, 5) is 49.5. The van der Waals surface area contributed by atoms with Crippen molar-refractivity contribution in [1.82, 2.24) is 16.0 Å². The van der Waals surface area contributed by atoms with Gasteiger partial charge in [0.25, 0.3) is 0 Å². The molecule has 32 heavy (non-hydrogen) atoms. The van der Waals surface area contributed by atoms with Gasteiger partial charge in [0, 0.05) is 6.42 Å². The summed E-state index contributed by atoms with van der Waals surface area (Å²) in [7, 11) is 0. The monoisotopic (exact) mass is 448 g/mol. The molecule has 0 spiro atoms. The van der Waals surface area contributed by atoms with E-state index in [1.165, 1.54) is 0 Å². The summed E-state index contributed by atoms with van der Waals surface area (Å²) in [6, 6.07) is 6.03. The van der Waals surface area contributed by atoms with Crippen molar-refractivity contribution in [2.24, 2.45) is 17.6 Å². The first-order chi connectivity index (χ1) is 15.1. The molecular weight excluding hydrogens is 412 g/mol. The third-order valence-electron chi connectivity index (χ3n) is 5.69. The van der Waals surface area contributed by atoms with Gasteiger partial charge in [-0.15, -0.1) is 0 Å². The van der Waals surface area contributed by atoms with E-state index in [9.17, 15) is 24.3 Å². The maximum atomic E-state index is 13.0. The molecule has 0 fully saturated rings. The Morgan fingerprint density at radius 3 is 1.84 bits per heavy atom. The van der Waals surface area contributed by atoms with Crippen molar-refractivity contribution >= 4 is 23.7 Å². The molecule has 6 N–H and O–H groups in total. The summed E-state index contributed by atoms with van der Waals surface area (Å²) < 4.78 is 0. The molecule has 9 heteroatoms. The zero-order chi connectivity index (χ0) is 24.3. The van der Waals surface area contributed by atoms with E-state index in [1.54, 1.807) is 31.2 Å². The van der Waals surface area contributed by atoms with Crippen LogP contribution in [0.1, 0.15) is 46.1 Å². The number of rotatable bonds is 13. The number of nitrogens with one attached hydrogen (secondary N) is 3. The number of aliphatic carboxylic acids is 1. The molecule has 0 bridgehead atoms.